The van der Waals surface area contributed by atoms with Crippen LogP contribution < -0.4 is 0 Å². The summed E-state index contributed by atoms with van der Waals surface area (Å²) in [6.45, 7) is 6.52. The van der Waals surface area contributed by atoms with Gasteiger partial charge in [0.05, 0.1) is 24.9 Å². The van der Waals surface area contributed by atoms with Gasteiger partial charge in [0, 0.05) is 28.5 Å². The normalized spacial score (nSPS) is 33.2. The zero-order valence-electron chi connectivity index (χ0n) is 25.3. The van der Waals surface area contributed by atoms with Crippen molar-refractivity contribution in [3.63, 3.8) is 0 Å². The van der Waals surface area contributed by atoms with E-state index in [-0.39, 0.29) is 51.8 Å². The third-order valence-corrected chi connectivity index (χ3v) is 11.1. The highest BCUT2D eigenvalue weighted by molar-refractivity contribution is 8.26. The van der Waals surface area contributed by atoms with E-state index in [0.717, 1.165) is 24.8 Å². The molecule has 0 aliphatic heterocycles. The van der Waals surface area contributed by atoms with E-state index in [9.17, 15) is 24.3 Å². The van der Waals surface area contributed by atoms with Crippen LogP contribution in [0.5, 0.6) is 0 Å². The summed E-state index contributed by atoms with van der Waals surface area (Å²) in [6.07, 6.45) is 12.4. The quantitative estimate of drug-likeness (QED) is 0.302. The van der Waals surface area contributed by atoms with Crippen molar-refractivity contribution in [1.29, 1.82) is 0 Å². The topological polar surface area (TPSA) is 137 Å². The molecule has 0 amide bonds. The molecule has 3 fully saturated rings. The smallest absolute Gasteiger partial charge is 0.374 e. The predicted octanol–water partition coefficient (Wildman–Crippen LogP) is 6.92. The Hall–Kier alpha value is -3.89. The summed E-state index contributed by atoms with van der Waals surface area (Å²) >= 11 is 0.550. The molecule has 3 aromatic rings. The van der Waals surface area contributed by atoms with Gasteiger partial charge in [0.25, 0.3) is 10.2 Å². The van der Waals surface area contributed by atoms with Crippen LogP contribution in [0.3, 0.4) is 0 Å². The van der Waals surface area contributed by atoms with Gasteiger partial charge in [-0.15, -0.1) is 0 Å². The molecular formula is C35H36O9S. The fraction of sp³-hybridized carbons (Fsp3) is 0.429. The highest BCUT2D eigenvalue weighted by atomic mass is 32.2. The lowest BCUT2D eigenvalue weighted by Crippen LogP contribution is -2.57. The number of rotatable bonds is 4. The minimum Gasteiger partial charge on any atom is -0.460 e. The van der Waals surface area contributed by atoms with Crippen LogP contribution in [-0.2, 0) is 9.53 Å². The van der Waals surface area contributed by atoms with E-state index in [2.05, 4.69) is 20.8 Å². The largest absolute Gasteiger partial charge is 0.460 e. The summed E-state index contributed by atoms with van der Waals surface area (Å²) in [5.74, 6) is 1.18. The number of hydrogen-bond acceptors (Lipinski definition) is 10. The van der Waals surface area contributed by atoms with Gasteiger partial charge in [0.15, 0.2) is 17.3 Å². The van der Waals surface area contributed by atoms with E-state index in [4.69, 9.17) is 18.0 Å². The number of fused-ring (bicyclic) bond motifs is 5. The Bertz CT molecular complexity index is 1570. The second-order valence-corrected chi connectivity index (χ2v) is 13.9. The molecule has 0 spiro atoms. The van der Waals surface area contributed by atoms with Crippen LogP contribution in [0.2, 0.25) is 0 Å². The SMILES string of the molecule is C[C@@H]1C[C@H]2[C@@H]3CCC4=CC(=O)C=C[C@]4(C)[C@H]3[C@@H](O)C[C@]2(C)[C@@H]1OC(=O)c1ccco1.O=C(SC(=O)c1ccco1)c1ccco1. The number of furan rings is 3. The molecule has 236 valence electrons. The predicted molar refractivity (Wildman–Crippen MR) is 164 cm³/mol. The first-order valence-corrected chi connectivity index (χ1v) is 16.0. The van der Waals surface area contributed by atoms with Crippen LogP contribution in [0, 0.1) is 34.5 Å². The van der Waals surface area contributed by atoms with Crippen LogP contribution in [-0.4, -0.2) is 39.3 Å². The Morgan fingerprint density at radius 3 is 2.13 bits per heavy atom. The first-order chi connectivity index (χ1) is 21.5. The van der Waals surface area contributed by atoms with Crippen LogP contribution in [0.1, 0.15) is 78.1 Å². The van der Waals surface area contributed by atoms with Crippen molar-refractivity contribution in [2.24, 2.45) is 34.5 Å². The van der Waals surface area contributed by atoms with Crippen LogP contribution in [0.25, 0.3) is 0 Å². The molecular weight excluding hydrogens is 596 g/mol. The number of aliphatic hydroxyl groups is 1. The molecule has 7 rings (SSSR count). The molecule has 1 N–H and O–H groups in total. The summed E-state index contributed by atoms with van der Waals surface area (Å²) in [7, 11) is 0. The first-order valence-electron chi connectivity index (χ1n) is 15.2. The van der Waals surface area contributed by atoms with Crippen molar-refractivity contribution in [1.82, 2.24) is 0 Å². The highest BCUT2D eigenvalue weighted by Crippen LogP contribution is 2.65. The van der Waals surface area contributed by atoms with Crippen molar-refractivity contribution >= 4 is 33.7 Å². The maximum Gasteiger partial charge on any atom is 0.374 e. The van der Waals surface area contributed by atoms with Crippen molar-refractivity contribution in [3.8, 4) is 0 Å². The molecule has 0 unspecified atom stereocenters. The maximum atomic E-state index is 12.6. The van der Waals surface area contributed by atoms with Gasteiger partial charge < -0.3 is 23.1 Å². The fourth-order valence-electron chi connectivity index (χ4n) is 8.44. The summed E-state index contributed by atoms with van der Waals surface area (Å²) in [5, 5.41) is 10.5. The van der Waals surface area contributed by atoms with Gasteiger partial charge in [-0.05, 0) is 92.0 Å². The molecule has 0 saturated heterocycles. The molecule has 8 atom stereocenters. The average molecular weight is 633 g/mol. The van der Waals surface area contributed by atoms with E-state index in [0.29, 0.717) is 30.0 Å². The highest BCUT2D eigenvalue weighted by Gasteiger charge is 2.64. The van der Waals surface area contributed by atoms with Gasteiger partial charge in [-0.3, -0.25) is 14.4 Å². The Morgan fingerprint density at radius 2 is 1.56 bits per heavy atom. The monoisotopic (exact) mass is 632 g/mol. The molecule has 3 heterocycles. The third-order valence-electron chi connectivity index (χ3n) is 10.3. The fourth-order valence-corrected chi connectivity index (χ4v) is 9.05. The number of ether oxygens (including phenoxy) is 1. The van der Waals surface area contributed by atoms with Crippen LogP contribution in [0.4, 0.5) is 0 Å². The number of ketones is 1. The van der Waals surface area contributed by atoms with E-state index in [1.165, 1.54) is 30.9 Å². The summed E-state index contributed by atoms with van der Waals surface area (Å²) in [4.78, 5) is 47.4. The minimum absolute atomic E-state index is 0.0513. The standard InChI is InChI=1S/C25H30O5.C10H6O4S/c1-14-11-18-17-7-6-15-12-16(26)8-9-24(15,2)21(17)19(27)13-25(18,3)22(14)30-23(28)20-5-4-10-29-20;11-9(7-3-1-5-13-7)15-10(12)8-4-2-6-14-8/h4-5,8-10,12,14,17-19,21-22,27H,6-7,11,13H2,1-3H3;1-6H/t14-,17+,18+,19+,21-,22-,24+,25+;/m1./s1. The van der Waals surface area contributed by atoms with E-state index >= 15 is 0 Å². The minimum atomic E-state index is -0.502. The second-order valence-electron chi connectivity index (χ2n) is 12.9. The Morgan fingerprint density at radius 1 is 0.956 bits per heavy atom. The van der Waals surface area contributed by atoms with Gasteiger partial charge in [-0.25, -0.2) is 4.79 Å². The molecule has 0 bridgehead atoms. The summed E-state index contributed by atoms with van der Waals surface area (Å²) < 4.78 is 21.0. The van der Waals surface area contributed by atoms with Gasteiger partial charge in [-0.2, -0.15) is 0 Å². The zero-order valence-corrected chi connectivity index (χ0v) is 26.2. The number of carbonyl (C=O) groups excluding carboxylic acids is 4. The number of hydrogen-bond donors (Lipinski definition) is 1. The molecule has 4 aliphatic carbocycles. The molecule has 3 saturated carbocycles. The third kappa shape index (κ3) is 5.70. The van der Waals surface area contributed by atoms with E-state index in [1.807, 2.05) is 6.08 Å². The van der Waals surface area contributed by atoms with Crippen molar-refractivity contribution in [2.45, 2.75) is 58.7 Å². The zero-order chi connectivity index (χ0) is 31.9. The Balaban J connectivity index is 0.000000200. The van der Waals surface area contributed by atoms with Crippen molar-refractivity contribution < 1.29 is 42.3 Å². The maximum absolute atomic E-state index is 12.6. The van der Waals surface area contributed by atoms with Gasteiger partial charge >= 0.3 is 5.97 Å². The number of aliphatic hydroxyl groups excluding tert-OH is 1. The molecule has 4 aliphatic rings. The molecule has 0 aromatic carbocycles. The number of allylic oxidation sites excluding steroid dienone is 4. The second kappa shape index (κ2) is 12.1. The molecule has 3 aromatic heterocycles. The average Bonchev–Trinajstić information content (AvgIpc) is 3.83. The van der Waals surface area contributed by atoms with Crippen LogP contribution >= 0.6 is 11.8 Å². The lowest BCUT2D eigenvalue weighted by Gasteiger charge is -2.58. The molecule has 0 radical (unpaired) electrons. The van der Waals surface area contributed by atoms with E-state index in [1.54, 1.807) is 36.4 Å². The van der Waals surface area contributed by atoms with Gasteiger partial charge in [0.1, 0.15) is 6.10 Å². The van der Waals surface area contributed by atoms with Crippen molar-refractivity contribution in [2.75, 3.05) is 0 Å². The molecule has 45 heavy (non-hydrogen) atoms. The van der Waals surface area contributed by atoms with Gasteiger partial charge in [-0.1, -0.05) is 32.4 Å². The van der Waals surface area contributed by atoms with E-state index < -0.39 is 22.3 Å². The molecule has 9 nitrogen and oxygen atoms in total. The lowest BCUT2D eigenvalue weighted by atomic mass is 9.47. The summed E-state index contributed by atoms with van der Waals surface area (Å²) in [6, 6.07) is 9.50. The summed E-state index contributed by atoms with van der Waals surface area (Å²) in [5.41, 5.74) is 0.614. The van der Waals surface area contributed by atoms with Crippen molar-refractivity contribution in [3.05, 3.63) is 96.3 Å². The number of carbonyl (C=O) groups is 4. The number of esters is 1. The Labute approximate surface area is 265 Å². The van der Waals surface area contributed by atoms with Crippen LogP contribution in [0.15, 0.2) is 92.2 Å². The number of thioether (sulfide) groups is 1. The van der Waals surface area contributed by atoms with Gasteiger partial charge in [0.2, 0.25) is 5.76 Å². The first kappa shape index (κ1) is 31.1. The molecule has 10 heteroatoms. The lowest BCUT2D eigenvalue weighted by molar-refractivity contribution is -0.133. The Kier molecular flexibility index (Phi) is 8.39.